The Balaban J connectivity index is 2.01. The zero-order chi connectivity index (χ0) is 16.6. The second kappa shape index (κ2) is 5.68. The molecule has 0 fully saturated rings. The third-order valence-corrected chi connectivity index (χ3v) is 4.00. The lowest BCUT2D eigenvalue weighted by Crippen LogP contribution is -2.06. The molecule has 0 aliphatic rings. The van der Waals surface area contributed by atoms with E-state index >= 15 is 0 Å². The molecule has 0 saturated heterocycles. The zero-order valence-electron chi connectivity index (χ0n) is 12.9. The van der Waals surface area contributed by atoms with Crippen molar-refractivity contribution in [3.05, 3.63) is 63.5 Å². The van der Waals surface area contributed by atoms with Gasteiger partial charge in [-0.25, -0.2) is 4.79 Å². The van der Waals surface area contributed by atoms with Gasteiger partial charge in [-0.2, -0.15) is 0 Å². The maximum Gasteiger partial charge on any atom is 0.336 e. The average molecular weight is 311 g/mol. The first-order valence-electron chi connectivity index (χ1n) is 7.24. The lowest BCUT2D eigenvalue weighted by atomic mass is 10.1. The first-order valence-corrected chi connectivity index (χ1v) is 7.24. The first-order chi connectivity index (χ1) is 11.0. The Labute approximate surface area is 132 Å². The molecule has 0 unspecified atom stereocenters. The van der Waals surface area contributed by atoms with Crippen molar-refractivity contribution in [1.82, 2.24) is 0 Å². The molecular weight excluding hydrogens is 294 g/mol. The van der Waals surface area contributed by atoms with E-state index in [1.54, 1.807) is 0 Å². The van der Waals surface area contributed by atoms with Crippen LogP contribution in [0.4, 0.5) is 5.69 Å². The highest BCUT2D eigenvalue weighted by Gasteiger charge is 2.10. The third-order valence-electron chi connectivity index (χ3n) is 4.00. The first kappa shape index (κ1) is 15.0. The van der Waals surface area contributed by atoms with Gasteiger partial charge in [0.2, 0.25) is 0 Å². The van der Waals surface area contributed by atoms with E-state index in [0.717, 1.165) is 11.3 Å². The Morgan fingerprint density at radius 3 is 2.61 bits per heavy atom. The van der Waals surface area contributed by atoms with Gasteiger partial charge in [-0.15, -0.1) is 0 Å². The highest BCUT2D eigenvalue weighted by atomic mass is 16.4. The molecule has 0 bridgehead atoms. The SMILES string of the molecule is Cc1cccc(NCc2cc(=O)oc3cc(O)c(O)cc23)c1C. The van der Waals surface area contributed by atoms with Crippen LogP contribution in [0.1, 0.15) is 16.7 Å². The number of anilines is 1. The van der Waals surface area contributed by atoms with Crippen LogP contribution >= 0.6 is 0 Å². The van der Waals surface area contributed by atoms with Gasteiger partial charge in [0, 0.05) is 29.8 Å². The molecule has 3 rings (SSSR count). The summed E-state index contributed by atoms with van der Waals surface area (Å²) in [5.74, 6) is -0.570. The molecule has 118 valence electrons. The second-order valence-corrected chi connectivity index (χ2v) is 5.53. The van der Waals surface area contributed by atoms with Gasteiger partial charge in [-0.1, -0.05) is 12.1 Å². The second-order valence-electron chi connectivity index (χ2n) is 5.53. The van der Waals surface area contributed by atoms with E-state index in [1.807, 2.05) is 32.0 Å². The predicted molar refractivity (Wildman–Crippen MR) is 89.1 cm³/mol. The van der Waals surface area contributed by atoms with Crippen molar-refractivity contribution in [2.24, 2.45) is 0 Å². The summed E-state index contributed by atoms with van der Waals surface area (Å²) in [6.07, 6.45) is 0. The van der Waals surface area contributed by atoms with Crippen LogP contribution in [0.3, 0.4) is 0 Å². The Kier molecular flexibility index (Phi) is 3.70. The largest absolute Gasteiger partial charge is 0.504 e. The molecule has 0 amide bonds. The number of benzene rings is 2. The van der Waals surface area contributed by atoms with Crippen molar-refractivity contribution in [2.45, 2.75) is 20.4 Å². The molecule has 0 aliphatic carbocycles. The summed E-state index contributed by atoms with van der Waals surface area (Å²) >= 11 is 0. The fourth-order valence-corrected chi connectivity index (χ4v) is 2.53. The Morgan fingerprint density at radius 1 is 1.09 bits per heavy atom. The number of phenols is 2. The third kappa shape index (κ3) is 2.85. The van der Waals surface area contributed by atoms with E-state index < -0.39 is 5.63 Å². The average Bonchev–Trinajstić information content (AvgIpc) is 2.50. The maximum atomic E-state index is 11.7. The quantitative estimate of drug-likeness (QED) is 0.510. The molecule has 0 radical (unpaired) electrons. The minimum absolute atomic E-state index is 0.241. The summed E-state index contributed by atoms with van der Waals surface area (Å²) < 4.78 is 5.08. The monoisotopic (exact) mass is 311 g/mol. The van der Waals surface area contributed by atoms with E-state index in [9.17, 15) is 15.0 Å². The van der Waals surface area contributed by atoms with Crippen molar-refractivity contribution in [3.63, 3.8) is 0 Å². The lowest BCUT2D eigenvalue weighted by molar-refractivity contribution is 0.403. The van der Waals surface area contributed by atoms with Crippen LogP contribution < -0.4 is 10.9 Å². The Hall–Kier alpha value is -2.95. The molecule has 3 aromatic rings. The minimum atomic E-state index is -0.500. The van der Waals surface area contributed by atoms with Gasteiger partial charge in [0.05, 0.1) is 0 Å². The normalized spacial score (nSPS) is 10.9. The van der Waals surface area contributed by atoms with Gasteiger partial charge in [0.15, 0.2) is 11.5 Å². The molecule has 2 aromatic carbocycles. The van der Waals surface area contributed by atoms with Gasteiger partial charge in [0.1, 0.15) is 5.58 Å². The fraction of sp³-hybridized carbons (Fsp3) is 0.167. The summed E-state index contributed by atoms with van der Waals surface area (Å²) in [6, 6.07) is 10.00. The molecule has 0 spiro atoms. The van der Waals surface area contributed by atoms with Crippen molar-refractivity contribution in [2.75, 3.05) is 5.32 Å². The summed E-state index contributed by atoms with van der Waals surface area (Å²) in [5.41, 5.74) is 3.73. The number of hydrogen-bond acceptors (Lipinski definition) is 5. The molecule has 5 nitrogen and oxygen atoms in total. The highest BCUT2D eigenvalue weighted by molar-refractivity contribution is 5.84. The standard InChI is InChI=1S/C18H17NO4/c1-10-4-3-5-14(11(10)2)19-9-12-6-18(22)23-17-8-16(21)15(20)7-13(12)17/h3-8,19-21H,9H2,1-2H3. The number of fused-ring (bicyclic) bond motifs is 1. The van der Waals surface area contributed by atoms with E-state index in [2.05, 4.69) is 5.32 Å². The van der Waals surface area contributed by atoms with Gasteiger partial charge >= 0.3 is 5.63 Å². The zero-order valence-corrected chi connectivity index (χ0v) is 12.9. The van der Waals surface area contributed by atoms with Crippen LogP contribution in [-0.4, -0.2) is 10.2 Å². The topological polar surface area (TPSA) is 82.7 Å². The van der Waals surface area contributed by atoms with Crippen LogP contribution in [0, 0.1) is 13.8 Å². The van der Waals surface area contributed by atoms with Crippen molar-refractivity contribution < 1.29 is 14.6 Å². The fourth-order valence-electron chi connectivity index (χ4n) is 2.53. The van der Waals surface area contributed by atoms with Gasteiger partial charge in [-0.3, -0.25) is 0 Å². The molecule has 23 heavy (non-hydrogen) atoms. The summed E-state index contributed by atoms with van der Waals surface area (Å²) in [7, 11) is 0. The number of rotatable bonds is 3. The van der Waals surface area contributed by atoms with E-state index in [-0.39, 0.29) is 17.1 Å². The molecule has 0 atom stereocenters. The lowest BCUT2D eigenvalue weighted by Gasteiger charge is -2.12. The van der Waals surface area contributed by atoms with Gasteiger partial charge in [0.25, 0.3) is 0 Å². The van der Waals surface area contributed by atoms with Gasteiger partial charge in [-0.05, 0) is 42.7 Å². The summed E-state index contributed by atoms with van der Waals surface area (Å²) in [4.78, 5) is 11.7. The minimum Gasteiger partial charge on any atom is -0.504 e. The van der Waals surface area contributed by atoms with Gasteiger partial charge < -0.3 is 19.9 Å². The highest BCUT2D eigenvalue weighted by Crippen LogP contribution is 2.31. The van der Waals surface area contributed by atoms with Crippen LogP contribution in [0.2, 0.25) is 0 Å². The Bertz CT molecular complexity index is 944. The van der Waals surface area contributed by atoms with Crippen LogP contribution in [0.15, 0.2) is 45.6 Å². The molecule has 1 heterocycles. The maximum absolute atomic E-state index is 11.7. The predicted octanol–water partition coefficient (Wildman–Crippen LogP) is 3.43. The number of aromatic hydroxyl groups is 2. The van der Waals surface area contributed by atoms with Crippen molar-refractivity contribution in [1.29, 1.82) is 0 Å². The summed E-state index contributed by atoms with van der Waals surface area (Å²) in [6.45, 7) is 4.46. The number of nitrogens with one attached hydrogen (secondary N) is 1. The van der Waals surface area contributed by atoms with Crippen LogP contribution in [-0.2, 0) is 6.54 Å². The molecule has 0 saturated carbocycles. The molecule has 3 N–H and O–H groups in total. The molecular formula is C18H17NO4. The Morgan fingerprint density at radius 2 is 1.83 bits per heavy atom. The number of hydrogen-bond donors (Lipinski definition) is 3. The van der Waals surface area contributed by atoms with Crippen LogP contribution in [0.25, 0.3) is 11.0 Å². The van der Waals surface area contributed by atoms with Crippen molar-refractivity contribution in [3.8, 4) is 11.5 Å². The van der Waals surface area contributed by atoms with E-state index in [4.69, 9.17) is 4.42 Å². The van der Waals surface area contributed by atoms with E-state index in [0.29, 0.717) is 17.5 Å². The number of aryl methyl sites for hydroxylation is 1. The van der Waals surface area contributed by atoms with Crippen molar-refractivity contribution >= 4 is 16.7 Å². The molecule has 0 aliphatic heterocycles. The smallest absolute Gasteiger partial charge is 0.336 e. The molecule has 1 aromatic heterocycles. The summed E-state index contributed by atoms with van der Waals surface area (Å²) in [5, 5.41) is 23.1. The number of phenolic OH excluding ortho intramolecular Hbond substituents is 2. The van der Waals surface area contributed by atoms with Crippen LogP contribution in [0.5, 0.6) is 11.5 Å². The van der Waals surface area contributed by atoms with E-state index in [1.165, 1.54) is 23.8 Å². The molecule has 5 heteroatoms.